The van der Waals surface area contributed by atoms with E-state index in [0.29, 0.717) is 12.2 Å². The lowest BCUT2D eigenvalue weighted by Gasteiger charge is -2.27. The Labute approximate surface area is 190 Å². The number of anilines is 1. The molecule has 2 amide bonds. The lowest BCUT2D eigenvalue weighted by molar-refractivity contribution is -0.115. The fourth-order valence-electron chi connectivity index (χ4n) is 2.92. The molecule has 174 valence electrons. The molecular weight excluding hydrogens is 428 g/mol. The quantitative estimate of drug-likeness (QED) is 0.624. The molecule has 0 unspecified atom stereocenters. The second-order valence-electron chi connectivity index (χ2n) is 8.58. The van der Waals surface area contributed by atoms with Crippen molar-refractivity contribution in [2.24, 2.45) is 0 Å². The Hall–Kier alpha value is -2.87. The largest absolute Gasteiger partial charge is 0.444 e. The summed E-state index contributed by atoms with van der Waals surface area (Å²) >= 11 is 0. The van der Waals surface area contributed by atoms with Crippen LogP contribution in [-0.2, 0) is 25.9 Å². The maximum Gasteiger partial charge on any atom is 0.410 e. The Balaban J connectivity index is 2.05. The summed E-state index contributed by atoms with van der Waals surface area (Å²) in [6.45, 7) is 9.83. The van der Waals surface area contributed by atoms with Gasteiger partial charge in [0.25, 0.3) is 0 Å². The monoisotopic (exact) mass is 460 g/mol. The fourth-order valence-corrected chi connectivity index (χ4v) is 4.16. The van der Waals surface area contributed by atoms with Crippen LogP contribution in [0.15, 0.2) is 53.4 Å². The van der Waals surface area contributed by atoms with Gasteiger partial charge in [0, 0.05) is 18.7 Å². The first-order valence-electron chi connectivity index (χ1n) is 10.6. The highest BCUT2D eigenvalue weighted by Gasteiger charge is 2.22. The second kappa shape index (κ2) is 10.6. The minimum Gasteiger partial charge on any atom is -0.444 e. The minimum absolute atomic E-state index is 0.173. The molecule has 0 aliphatic carbocycles. The summed E-state index contributed by atoms with van der Waals surface area (Å²) in [4.78, 5) is 26.7. The molecule has 0 saturated heterocycles. The van der Waals surface area contributed by atoms with Gasteiger partial charge in [-0.15, -0.1) is 0 Å². The number of carbonyl (C=O) groups is 2. The number of nitrogens with zero attached hydrogens (tertiary/aromatic N) is 1. The number of nitrogens with one attached hydrogen (secondary N) is 1. The number of ether oxygens (including phenoxy) is 1. The van der Waals surface area contributed by atoms with Gasteiger partial charge in [0.15, 0.2) is 9.84 Å². The van der Waals surface area contributed by atoms with Gasteiger partial charge in [-0.1, -0.05) is 35.9 Å². The molecule has 0 radical (unpaired) electrons. The summed E-state index contributed by atoms with van der Waals surface area (Å²) in [5.41, 5.74) is 1.62. The van der Waals surface area contributed by atoms with E-state index in [4.69, 9.17) is 4.74 Å². The standard InChI is InChI=1S/C24H32N2O5S/c1-6-26(23(28)31-24(3,4)5)17-19-9-7-8-10-21(19)25-22(27)15-16-32(29,30)20-13-11-18(2)12-14-20/h7-14H,6,15-17H2,1-5H3,(H,25,27). The molecule has 7 nitrogen and oxygen atoms in total. The molecule has 0 saturated carbocycles. The number of sulfone groups is 1. The van der Waals surface area contributed by atoms with Crippen LogP contribution in [0.4, 0.5) is 10.5 Å². The Morgan fingerprint density at radius 1 is 1.03 bits per heavy atom. The van der Waals surface area contributed by atoms with E-state index in [9.17, 15) is 18.0 Å². The van der Waals surface area contributed by atoms with E-state index in [1.165, 1.54) is 4.90 Å². The molecule has 1 N–H and O–H groups in total. The first kappa shape index (κ1) is 25.4. The van der Waals surface area contributed by atoms with Crippen LogP contribution < -0.4 is 5.32 Å². The topological polar surface area (TPSA) is 92.8 Å². The average molecular weight is 461 g/mol. The third kappa shape index (κ3) is 7.67. The van der Waals surface area contributed by atoms with Crippen LogP contribution in [0, 0.1) is 6.92 Å². The Morgan fingerprint density at radius 2 is 1.66 bits per heavy atom. The average Bonchev–Trinajstić information content (AvgIpc) is 2.70. The number of rotatable bonds is 8. The SMILES string of the molecule is CCN(Cc1ccccc1NC(=O)CCS(=O)(=O)c1ccc(C)cc1)C(=O)OC(C)(C)C. The molecule has 2 aromatic carbocycles. The third-order valence-corrected chi connectivity index (χ3v) is 6.40. The van der Waals surface area contributed by atoms with Gasteiger partial charge in [-0.3, -0.25) is 4.79 Å². The van der Waals surface area contributed by atoms with Crippen molar-refractivity contribution in [1.82, 2.24) is 4.90 Å². The normalized spacial score (nSPS) is 11.7. The maximum absolute atomic E-state index is 12.5. The predicted octanol–water partition coefficient (Wildman–Crippen LogP) is 4.55. The Kier molecular flexibility index (Phi) is 8.44. The van der Waals surface area contributed by atoms with Crippen LogP contribution in [0.5, 0.6) is 0 Å². The van der Waals surface area contributed by atoms with Crippen molar-refractivity contribution < 1.29 is 22.7 Å². The number of para-hydroxylation sites is 1. The predicted molar refractivity (Wildman–Crippen MR) is 125 cm³/mol. The number of hydrogen-bond donors (Lipinski definition) is 1. The van der Waals surface area contributed by atoms with Crippen LogP contribution in [0.25, 0.3) is 0 Å². The lowest BCUT2D eigenvalue weighted by atomic mass is 10.1. The highest BCUT2D eigenvalue weighted by molar-refractivity contribution is 7.91. The van der Waals surface area contributed by atoms with Crippen LogP contribution in [0.1, 0.15) is 45.2 Å². The Bertz CT molecular complexity index is 1040. The molecule has 0 aliphatic rings. The molecule has 2 rings (SSSR count). The molecule has 0 aromatic heterocycles. The van der Waals surface area contributed by atoms with Crippen LogP contribution in [0.2, 0.25) is 0 Å². The maximum atomic E-state index is 12.5. The van der Waals surface area contributed by atoms with E-state index < -0.39 is 27.4 Å². The van der Waals surface area contributed by atoms with E-state index >= 15 is 0 Å². The summed E-state index contributed by atoms with van der Waals surface area (Å²) in [6.07, 6.45) is -0.612. The van der Waals surface area contributed by atoms with Crippen molar-refractivity contribution in [2.45, 2.75) is 58.1 Å². The molecule has 0 atom stereocenters. The number of benzene rings is 2. The number of hydrogen-bond acceptors (Lipinski definition) is 5. The first-order chi connectivity index (χ1) is 14.9. The first-order valence-corrected chi connectivity index (χ1v) is 12.2. The van der Waals surface area contributed by atoms with Crippen molar-refractivity contribution >= 4 is 27.5 Å². The van der Waals surface area contributed by atoms with Gasteiger partial charge in [0.05, 0.1) is 17.2 Å². The van der Waals surface area contributed by atoms with E-state index in [-0.39, 0.29) is 23.6 Å². The van der Waals surface area contributed by atoms with Gasteiger partial charge >= 0.3 is 6.09 Å². The van der Waals surface area contributed by atoms with Crippen LogP contribution >= 0.6 is 0 Å². The summed E-state index contributed by atoms with van der Waals surface area (Å²) in [5, 5.41) is 2.78. The third-order valence-electron chi connectivity index (χ3n) is 4.66. The van der Waals surface area contributed by atoms with Crippen LogP contribution in [0.3, 0.4) is 0 Å². The molecule has 8 heteroatoms. The van der Waals surface area contributed by atoms with Crippen molar-refractivity contribution in [3.05, 3.63) is 59.7 Å². The van der Waals surface area contributed by atoms with Gasteiger partial charge in [0.1, 0.15) is 5.60 Å². The molecule has 2 aromatic rings. The van der Waals surface area contributed by atoms with Gasteiger partial charge in [-0.05, 0) is 58.4 Å². The molecule has 0 fully saturated rings. The molecule has 0 spiro atoms. The zero-order valence-corrected chi connectivity index (χ0v) is 20.2. The van der Waals surface area contributed by atoms with Crippen molar-refractivity contribution in [3.8, 4) is 0 Å². The molecular formula is C24H32N2O5S. The van der Waals surface area contributed by atoms with Gasteiger partial charge in [-0.25, -0.2) is 13.2 Å². The van der Waals surface area contributed by atoms with Crippen molar-refractivity contribution in [3.63, 3.8) is 0 Å². The molecule has 0 aliphatic heterocycles. The van der Waals surface area contributed by atoms with Crippen LogP contribution in [-0.4, -0.2) is 43.2 Å². The van der Waals surface area contributed by atoms with Gasteiger partial charge < -0.3 is 15.0 Å². The van der Waals surface area contributed by atoms with Gasteiger partial charge in [-0.2, -0.15) is 0 Å². The summed E-state index contributed by atoms with van der Waals surface area (Å²) in [7, 11) is -3.56. The van der Waals surface area contributed by atoms with E-state index in [0.717, 1.165) is 11.1 Å². The van der Waals surface area contributed by atoms with Crippen molar-refractivity contribution in [1.29, 1.82) is 0 Å². The zero-order valence-electron chi connectivity index (χ0n) is 19.3. The van der Waals surface area contributed by atoms with E-state index in [2.05, 4.69) is 5.32 Å². The zero-order chi connectivity index (χ0) is 23.9. The van der Waals surface area contributed by atoms with E-state index in [1.54, 1.807) is 57.2 Å². The number of amides is 2. The molecule has 0 bridgehead atoms. The summed E-state index contributed by atoms with van der Waals surface area (Å²) < 4.78 is 30.4. The van der Waals surface area contributed by atoms with E-state index in [1.807, 2.05) is 26.0 Å². The number of carbonyl (C=O) groups excluding carboxylic acids is 2. The molecule has 0 heterocycles. The van der Waals surface area contributed by atoms with Crippen molar-refractivity contribution in [2.75, 3.05) is 17.6 Å². The smallest absolute Gasteiger partial charge is 0.410 e. The number of aryl methyl sites for hydroxylation is 1. The summed E-state index contributed by atoms with van der Waals surface area (Å²) in [5.74, 6) is -0.697. The second-order valence-corrected chi connectivity index (χ2v) is 10.7. The minimum atomic E-state index is -3.56. The van der Waals surface area contributed by atoms with Gasteiger partial charge in [0.2, 0.25) is 5.91 Å². The summed E-state index contributed by atoms with van der Waals surface area (Å²) in [6, 6.07) is 13.7. The Morgan fingerprint density at radius 3 is 2.25 bits per heavy atom. The highest BCUT2D eigenvalue weighted by atomic mass is 32.2. The lowest BCUT2D eigenvalue weighted by Crippen LogP contribution is -2.36. The molecule has 32 heavy (non-hydrogen) atoms. The fraction of sp³-hybridized carbons (Fsp3) is 0.417. The highest BCUT2D eigenvalue weighted by Crippen LogP contribution is 2.20.